The minimum atomic E-state index is 0.363. The quantitative estimate of drug-likeness (QED) is 0.393. The van der Waals surface area contributed by atoms with Gasteiger partial charge < -0.3 is 19.5 Å². The lowest BCUT2D eigenvalue weighted by atomic mass is 9.79. The number of hydrogen-bond acceptors (Lipinski definition) is 5. The molecule has 0 amide bonds. The topological polar surface area (TPSA) is 45.2 Å². The first-order chi connectivity index (χ1) is 17.6. The first kappa shape index (κ1) is 24.5. The van der Waals surface area contributed by atoms with Crippen molar-refractivity contribution in [2.75, 3.05) is 44.8 Å². The molecule has 3 aromatic rings. The van der Waals surface area contributed by atoms with Crippen LogP contribution in [0.2, 0.25) is 0 Å². The minimum Gasteiger partial charge on any atom is -0.508 e. The minimum absolute atomic E-state index is 0.363. The van der Waals surface area contributed by atoms with Crippen molar-refractivity contribution in [1.29, 1.82) is 0 Å². The van der Waals surface area contributed by atoms with Gasteiger partial charge in [0.25, 0.3) is 0 Å². The van der Waals surface area contributed by atoms with Crippen LogP contribution < -0.4 is 14.4 Å². The molecular formula is C31H38N2O3. The third kappa shape index (κ3) is 5.62. The molecule has 0 spiro atoms. The highest BCUT2D eigenvalue weighted by atomic mass is 16.5. The number of nitrogens with zero attached hydrogens (tertiary/aromatic N) is 2. The molecule has 0 aromatic heterocycles. The lowest BCUT2D eigenvalue weighted by molar-refractivity contribution is 0.147. The van der Waals surface area contributed by atoms with Gasteiger partial charge in [-0.25, -0.2) is 0 Å². The lowest BCUT2D eigenvalue weighted by Crippen LogP contribution is -2.39. The molecule has 0 bridgehead atoms. The fourth-order valence-electron chi connectivity index (χ4n) is 5.45. The zero-order valence-electron chi connectivity index (χ0n) is 21.6. The van der Waals surface area contributed by atoms with E-state index in [1.54, 1.807) is 7.11 Å². The average molecular weight is 487 g/mol. The number of aromatic hydroxyl groups is 1. The number of phenolic OH excluding ortho intramolecular Hbond substituents is 1. The zero-order valence-corrected chi connectivity index (χ0v) is 21.6. The molecule has 3 aromatic carbocycles. The zero-order chi connectivity index (χ0) is 24.9. The molecular weight excluding hydrogens is 448 g/mol. The van der Waals surface area contributed by atoms with Crippen LogP contribution in [0.1, 0.15) is 47.9 Å². The summed E-state index contributed by atoms with van der Waals surface area (Å²) in [7, 11) is 1.74. The van der Waals surface area contributed by atoms with Gasteiger partial charge in [0.1, 0.15) is 23.9 Å². The van der Waals surface area contributed by atoms with Crippen LogP contribution in [0.5, 0.6) is 17.2 Å². The highest BCUT2D eigenvalue weighted by molar-refractivity contribution is 5.60. The van der Waals surface area contributed by atoms with E-state index in [2.05, 4.69) is 65.3 Å². The van der Waals surface area contributed by atoms with Gasteiger partial charge in [-0.3, -0.25) is 4.90 Å². The maximum atomic E-state index is 9.88. The Labute approximate surface area is 215 Å². The van der Waals surface area contributed by atoms with E-state index in [1.165, 1.54) is 47.5 Å². The number of benzene rings is 3. The second-order valence-corrected chi connectivity index (χ2v) is 10.0. The van der Waals surface area contributed by atoms with Crippen LogP contribution in [0.4, 0.5) is 5.69 Å². The van der Waals surface area contributed by atoms with Crippen molar-refractivity contribution >= 4 is 5.69 Å². The Morgan fingerprint density at radius 3 is 2.50 bits per heavy atom. The Morgan fingerprint density at radius 2 is 1.78 bits per heavy atom. The molecule has 36 heavy (non-hydrogen) atoms. The molecule has 1 unspecified atom stereocenters. The standard InChI is InChI=1S/C31H38N2O3/c1-3-33(22-23-5-11-28(12-6-23)36-18-17-32-15-4-16-32)31-21-29(35-2)13-14-30(31)26-8-7-25-20-27(34)10-9-24(25)19-26/h5-6,9-14,20-21,26,34H,3-4,7-8,15-19,22H2,1-2H3. The maximum absolute atomic E-state index is 9.88. The molecule has 5 nitrogen and oxygen atoms in total. The summed E-state index contributed by atoms with van der Waals surface area (Å²) < 4.78 is 11.6. The summed E-state index contributed by atoms with van der Waals surface area (Å²) >= 11 is 0. The van der Waals surface area contributed by atoms with Gasteiger partial charge in [-0.2, -0.15) is 0 Å². The van der Waals surface area contributed by atoms with E-state index in [-0.39, 0.29) is 0 Å². The highest BCUT2D eigenvalue weighted by Gasteiger charge is 2.24. The number of hydrogen-bond donors (Lipinski definition) is 1. The van der Waals surface area contributed by atoms with E-state index < -0.39 is 0 Å². The molecule has 5 rings (SSSR count). The third-order valence-electron chi connectivity index (χ3n) is 7.74. The monoisotopic (exact) mass is 486 g/mol. The smallest absolute Gasteiger partial charge is 0.120 e. The van der Waals surface area contributed by atoms with Gasteiger partial charge in [-0.1, -0.05) is 24.3 Å². The van der Waals surface area contributed by atoms with Crippen LogP contribution in [-0.2, 0) is 19.4 Å². The largest absolute Gasteiger partial charge is 0.508 e. The number of anilines is 1. The molecule has 2 aliphatic rings. The van der Waals surface area contributed by atoms with E-state index in [1.807, 2.05) is 12.1 Å². The molecule has 0 saturated carbocycles. The Bertz CT molecular complexity index is 1160. The van der Waals surface area contributed by atoms with Crippen LogP contribution in [0, 0.1) is 0 Å². The lowest BCUT2D eigenvalue weighted by Gasteiger charge is -2.32. The number of fused-ring (bicyclic) bond motifs is 1. The number of ether oxygens (including phenoxy) is 2. The SMILES string of the molecule is CCN(Cc1ccc(OCCN2CCC2)cc1)c1cc(OC)ccc1C1CCc2cc(O)ccc2C1. The summed E-state index contributed by atoms with van der Waals surface area (Å²) in [6.07, 6.45) is 4.38. The van der Waals surface area contributed by atoms with Crippen molar-refractivity contribution in [1.82, 2.24) is 4.90 Å². The molecule has 1 N–H and O–H groups in total. The van der Waals surface area contributed by atoms with Gasteiger partial charge in [0.2, 0.25) is 0 Å². The summed E-state index contributed by atoms with van der Waals surface area (Å²) in [5, 5.41) is 9.88. The van der Waals surface area contributed by atoms with Gasteiger partial charge in [-0.05, 0) is 104 Å². The van der Waals surface area contributed by atoms with E-state index in [0.717, 1.165) is 57.0 Å². The molecule has 1 atom stereocenters. The van der Waals surface area contributed by atoms with E-state index in [9.17, 15) is 5.11 Å². The van der Waals surface area contributed by atoms with Gasteiger partial charge >= 0.3 is 0 Å². The van der Waals surface area contributed by atoms with Crippen molar-refractivity contribution in [3.63, 3.8) is 0 Å². The molecule has 1 aliphatic heterocycles. The Hall–Kier alpha value is -3.18. The highest BCUT2D eigenvalue weighted by Crippen LogP contribution is 2.40. The average Bonchev–Trinajstić information content (AvgIpc) is 2.89. The van der Waals surface area contributed by atoms with Crippen molar-refractivity contribution < 1.29 is 14.6 Å². The van der Waals surface area contributed by atoms with E-state index in [4.69, 9.17) is 9.47 Å². The summed E-state index contributed by atoms with van der Waals surface area (Å²) in [4.78, 5) is 4.87. The van der Waals surface area contributed by atoms with Crippen LogP contribution in [-0.4, -0.2) is 49.9 Å². The predicted molar refractivity (Wildman–Crippen MR) is 146 cm³/mol. The molecule has 5 heteroatoms. The fraction of sp³-hybridized carbons (Fsp3) is 0.419. The second-order valence-electron chi connectivity index (χ2n) is 10.0. The fourth-order valence-corrected chi connectivity index (χ4v) is 5.45. The summed E-state index contributed by atoms with van der Waals surface area (Å²) in [5.74, 6) is 2.64. The summed E-state index contributed by atoms with van der Waals surface area (Å²) in [5.41, 5.74) is 6.52. The summed E-state index contributed by atoms with van der Waals surface area (Å²) in [6, 6.07) is 20.9. The third-order valence-corrected chi connectivity index (χ3v) is 7.74. The van der Waals surface area contributed by atoms with Crippen molar-refractivity contribution in [3.05, 3.63) is 82.9 Å². The first-order valence-electron chi connectivity index (χ1n) is 13.3. The van der Waals surface area contributed by atoms with Crippen LogP contribution >= 0.6 is 0 Å². The second kappa shape index (κ2) is 11.3. The number of aryl methyl sites for hydroxylation is 1. The molecule has 190 valence electrons. The molecule has 1 heterocycles. The normalized spacial score (nSPS) is 17.2. The molecule has 0 radical (unpaired) electrons. The Balaban J connectivity index is 1.31. The molecule has 1 aliphatic carbocycles. The van der Waals surface area contributed by atoms with Gasteiger partial charge in [0, 0.05) is 31.4 Å². The van der Waals surface area contributed by atoms with E-state index >= 15 is 0 Å². The van der Waals surface area contributed by atoms with Crippen molar-refractivity contribution in [2.24, 2.45) is 0 Å². The van der Waals surface area contributed by atoms with Gasteiger partial charge in [-0.15, -0.1) is 0 Å². The number of methoxy groups -OCH3 is 1. The summed E-state index contributed by atoms with van der Waals surface area (Å²) in [6.45, 7) is 8.13. The molecule has 1 saturated heterocycles. The van der Waals surface area contributed by atoms with Crippen LogP contribution in [0.25, 0.3) is 0 Å². The van der Waals surface area contributed by atoms with Crippen LogP contribution in [0.3, 0.4) is 0 Å². The van der Waals surface area contributed by atoms with Gasteiger partial charge in [0.05, 0.1) is 7.11 Å². The predicted octanol–water partition coefficient (Wildman–Crippen LogP) is 5.78. The number of likely N-dealkylation sites (tertiary alicyclic amines) is 1. The maximum Gasteiger partial charge on any atom is 0.120 e. The van der Waals surface area contributed by atoms with Crippen molar-refractivity contribution in [3.8, 4) is 17.2 Å². The van der Waals surface area contributed by atoms with Crippen molar-refractivity contribution in [2.45, 2.75) is 45.1 Å². The molecule has 1 fully saturated rings. The number of rotatable bonds is 10. The Morgan fingerprint density at radius 1 is 0.972 bits per heavy atom. The van der Waals surface area contributed by atoms with Crippen LogP contribution in [0.15, 0.2) is 60.7 Å². The van der Waals surface area contributed by atoms with E-state index in [0.29, 0.717) is 11.7 Å². The van der Waals surface area contributed by atoms with Gasteiger partial charge in [0.15, 0.2) is 0 Å². The number of phenols is 1. The first-order valence-corrected chi connectivity index (χ1v) is 13.3. The Kier molecular flexibility index (Phi) is 7.66.